The van der Waals surface area contributed by atoms with Gasteiger partial charge in [-0.3, -0.25) is 23.6 Å². The second kappa shape index (κ2) is 30.9. The van der Waals surface area contributed by atoms with E-state index in [9.17, 15) is 28.8 Å². The fraction of sp³-hybridized carbons (Fsp3) is 0.157. The van der Waals surface area contributed by atoms with Crippen molar-refractivity contribution in [2.24, 2.45) is 0 Å². The Hall–Kier alpha value is -12.9. The first-order chi connectivity index (χ1) is 50.0. The van der Waals surface area contributed by atoms with Crippen LogP contribution >= 0.6 is 0 Å². The molecule has 2 unspecified atom stereocenters. The molecule has 0 saturated carbocycles. The standard InChI is InChI=1S/C83H71N9O10/c93-76(47-84-82(97)101-51-69-65-33-14-10-29-61(65)62-30-11-15-34-66(62)69)89-72(43-54-22-6-2-7-23-54)79(95)86-58-39-37-56(38-40-58)50-100-81-74(46-60-28-19-41-99-60)91-78-71(42-53-20-4-1-5-21-53)88-75(49-92(78)81)57-26-18-27-59(45-57)87-80(96)73(44-55-24-8-3-9-25-55)90-77(94)48-85-83(98)102-52-70-67-35-16-12-31-63(67)64-32-13-17-36-68(64)70/h1-41,45,49,69-70,72-73H,42-44,46-48,50-52H2,(H,84,97)(H,85,98)(H,86,95)(H,87,96)(H,89,93)(H,90,94). The minimum absolute atomic E-state index is 0.0744. The van der Waals surface area contributed by atoms with Crippen LogP contribution in [0.4, 0.5) is 21.0 Å². The van der Waals surface area contributed by atoms with Crippen molar-refractivity contribution in [1.29, 1.82) is 0 Å². The van der Waals surface area contributed by atoms with Crippen LogP contribution in [-0.2, 0) is 60.9 Å². The molecule has 3 heterocycles. The van der Waals surface area contributed by atoms with Gasteiger partial charge in [-0.05, 0) is 103 Å². The van der Waals surface area contributed by atoms with E-state index in [1.807, 2.05) is 217 Å². The fourth-order valence-corrected chi connectivity index (χ4v) is 13.3. The summed E-state index contributed by atoms with van der Waals surface area (Å²) in [7, 11) is 0. The smallest absolute Gasteiger partial charge is 0.407 e. The SMILES string of the molecule is O=C(CNC(=O)OCC1c2ccccc2-c2ccccc21)NC(Cc1ccccc1)C(=O)Nc1ccc(COc2c(Cc3ccco3)nc3c(Cc4ccccc4)nc(-c4cccc(NC(=O)C(Cc5ccccc5)NC(=O)CNC(=O)OCC5c6ccccc6-c6ccccc65)c4)cn23)cc1. The van der Waals surface area contributed by atoms with Crippen molar-refractivity contribution in [3.8, 4) is 39.4 Å². The van der Waals surface area contributed by atoms with Gasteiger partial charge in [0.1, 0.15) is 56.4 Å². The Morgan fingerprint density at radius 2 is 0.931 bits per heavy atom. The third-order valence-corrected chi connectivity index (χ3v) is 18.2. The number of furan rings is 1. The highest BCUT2D eigenvalue weighted by Crippen LogP contribution is 2.46. The number of nitrogens with one attached hydrogen (secondary N) is 6. The van der Waals surface area contributed by atoms with Gasteiger partial charge in [0.2, 0.25) is 29.5 Å². The Labute approximate surface area is 588 Å². The van der Waals surface area contributed by atoms with Gasteiger partial charge >= 0.3 is 12.2 Å². The number of carbonyl (C=O) groups excluding carboxylic acids is 6. The zero-order chi connectivity index (χ0) is 69.7. The highest BCUT2D eigenvalue weighted by molar-refractivity contribution is 5.99. The van der Waals surface area contributed by atoms with E-state index in [4.69, 9.17) is 28.6 Å². The van der Waals surface area contributed by atoms with Gasteiger partial charge in [-0.2, -0.15) is 0 Å². The number of carbonyl (C=O) groups is 6. The summed E-state index contributed by atoms with van der Waals surface area (Å²) in [5.74, 6) is -1.35. The minimum atomic E-state index is -1.05. The number of amides is 6. The molecule has 9 aromatic carbocycles. The number of ether oxygens (including phenoxy) is 3. The first-order valence-electron chi connectivity index (χ1n) is 33.8. The number of anilines is 2. The zero-order valence-electron chi connectivity index (χ0n) is 55.4. The number of hydrogen-bond acceptors (Lipinski definition) is 12. The van der Waals surface area contributed by atoms with Crippen LogP contribution in [0.5, 0.6) is 5.88 Å². The molecule has 0 saturated heterocycles. The molecule has 12 aromatic rings. The molecule has 0 spiro atoms. The summed E-state index contributed by atoms with van der Waals surface area (Å²) in [5.41, 5.74) is 15.9. The molecule has 14 rings (SSSR count). The lowest BCUT2D eigenvalue weighted by atomic mass is 9.98. The summed E-state index contributed by atoms with van der Waals surface area (Å²) in [4.78, 5) is 92.4. The predicted octanol–water partition coefficient (Wildman–Crippen LogP) is 13.2. The van der Waals surface area contributed by atoms with Crippen molar-refractivity contribution in [2.45, 2.75) is 56.2 Å². The van der Waals surface area contributed by atoms with Gasteiger partial charge in [0.25, 0.3) is 0 Å². The van der Waals surface area contributed by atoms with Gasteiger partial charge in [0.15, 0.2) is 5.65 Å². The highest BCUT2D eigenvalue weighted by Gasteiger charge is 2.32. The van der Waals surface area contributed by atoms with Gasteiger partial charge in [-0.15, -0.1) is 0 Å². The molecule has 6 amide bonds. The lowest BCUT2D eigenvalue weighted by Gasteiger charge is -2.19. The average molecular weight is 1350 g/mol. The molecule has 2 aliphatic carbocycles. The second-order valence-electron chi connectivity index (χ2n) is 25.1. The molecule has 0 aliphatic heterocycles. The van der Waals surface area contributed by atoms with Crippen molar-refractivity contribution in [2.75, 3.05) is 36.9 Å². The monoisotopic (exact) mass is 1350 g/mol. The molecule has 2 aliphatic rings. The molecular formula is C83H71N9O10. The number of benzene rings is 9. The Bertz CT molecular complexity index is 4920. The molecule has 102 heavy (non-hydrogen) atoms. The summed E-state index contributed by atoms with van der Waals surface area (Å²) in [5, 5.41) is 16.8. The first kappa shape index (κ1) is 66.3. The quantitative estimate of drug-likeness (QED) is 0.0296. The molecule has 0 bridgehead atoms. The highest BCUT2D eigenvalue weighted by atomic mass is 16.6. The Morgan fingerprint density at radius 3 is 1.43 bits per heavy atom. The lowest BCUT2D eigenvalue weighted by molar-refractivity contribution is -0.125. The zero-order valence-corrected chi connectivity index (χ0v) is 55.4. The molecule has 508 valence electrons. The molecule has 19 heteroatoms. The number of aromatic nitrogens is 3. The maximum Gasteiger partial charge on any atom is 0.407 e. The number of rotatable bonds is 26. The third-order valence-electron chi connectivity index (χ3n) is 18.2. The topological polar surface area (TPSA) is 246 Å². The summed E-state index contributed by atoms with van der Waals surface area (Å²) in [6, 6.07) is 76.8. The molecule has 3 aromatic heterocycles. The maximum atomic E-state index is 14.5. The summed E-state index contributed by atoms with van der Waals surface area (Å²) < 4.78 is 25.9. The van der Waals surface area contributed by atoms with Crippen LogP contribution in [0.15, 0.2) is 266 Å². The second-order valence-corrected chi connectivity index (χ2v) is 25.1. The van der Waals surface area contributed by atoms with E-state index in [0.717, 1.165) is 66.8 Å². The predicted molar refractivity (Wildman–Crippen MR) is 388 cm³/mol. The van der Waals surface area contributed by atoms with E-state index in [-0.39, 0.29) is 50.9 Å². The van der Waals surface area contributed by atoms with Crippen LogP contribution in [0.3, 0.4) is 0 Å². The molecule has 6 N–H and O–H groups in total. The molecular weight excluding hydrogens is 1280 g/mol. The lowest BCUT2D eigenvalue weighted by Crippen LogP contribution is -2.48. The molecule has 0 fully saturated rings. The number of imidazole rings is 1. The van der Waals surface area contributed by atoms with Gasteiger partial charge < -0.3 is 50.5 Å². The van der Waals surface area contributed by atoms with E-state index < -0.39 is 61.0 Å². The number of hydrogen-bond donors (Lipinski definition) is 6. The van der Waals surface area contributed by atoms with E-state index in [0.29, 0.717) is 57.7 Å². The van der Waals surface area contributed by atoms with Crippen LogP contribution in [0.1, 0.15) is 73.5 Å². The van der Waals surface area contributed by atoms with Crippen molar-refractivity contribution >= 4 is 52.8 Å². The maximum absolute atomic E-state index is 14.5. The van der Waals surface area contributed by atoms with Gasteiger partial charge in [-0.1, -0.05) is 212 Å². The normalized spacial score (nSPS) is 12.5. The van der Waals surface area contributed by atoms with Gasteiger partial charge in [0.05, 0.1) is 24.1 Å². The van der Waals surface area contributed by atoms with Crippen LogP contribution in [0, 0.1) is 0 Å². The minimum Gasteiger partial charge on any atom is -0.472 e. The van der Waals surface area contributed by atoms with Gasteiger partial charge in [0, 0.05) is 54.2 Å². The molecule has 19 nitrogen and oxygen atoms in total. The van der Waals surface area contributed by atoms with Crippen molar-refractivity contribution < 1.29 is 47.4 Å². The molecule has 0 radical (unpaired) electrons. The Balaban J connectivity index is 0.653. The fourth-order valence-electron chi connectivity index (χ4n) is 13.3. The van der Waals surface area contributed by atoms with Crippen molar-refractivity contribution in [3.63, 3.8) is 0 Å². The molecule has 2 atom stereocenters. The van der Waals surface area contributed by atoms with E-state index in [1.54, 1.807) is 24.5 Å². The summed E-state index contributed by atoms with van der Waals surface area (Å²) in [6.07, 6.45) is 2.96. The summed E-state index contributed by atoms with van der Waals surface area (Å²) in [6.45, 7) is -0.619. The van der Waals surface area contributed by atoms with Crippen LogP contribution < -0.4 is 36.6 Å². The Kier molecular flexibility index (Phi) is 20.1. The number of alkyl carbamates (subject to hydrolysis) is 2. The van der Waals surface area contributed by atoms with Crippen LogP contribution in [0.25, 0.3) is 39.2 Å². The van der Waals surface area contributed by atoms with E-state index >= 15 is 0 Å². The third kappa shape index (κ3) is 15.7. The number of nitrogens with zero attached hydrogens (tertiary/aromatic N) is 3. The summed E-state index contributed by atoms with van der Waals surface area (Å²) >= 11 is 0. The van der Waals surface area contributed by atoms with E-state index in [2.05, 4.69) is 56.2 Å². The first-order valence-corrected chi connectivity index (χ1v) is 33.8. The average Bonchev–Trinajstić information content (AvgIpc) is 1.60. The van der Waals surface area contributed by atoms with E-state index in [1.165, 1.54) is 0 Å². The largest absolute Gasteiger partial charge is 0.472 e. The van der Waals surface area contributed by atoms with Crippen LogP contribution in [-0.4, -0.2) is 88.6 Å². The van der Waals surface area contributed by atoms with Crippen molar-refractivity contribution in [3.05, 3.63) is 323 Å². The Morgan fingerprint density at radius 1 is 0.451 bits per heavy atom. The van der Waals surface area contributed by atoms with Crippen LogP contribution in [0.2, 0.25) is 0 Å². The number of fused-ring (bicyclic) bond motifs is 7. The van der Waals surface area contributed by atoms with Gasteiger partial charge in [-0.25, -0.2) is 19.6 Å². The van der Waals surface area contributed by atoms with Crippen molar-refractivity contribution in [1.82, 2.24) is 35.6 Å².